The molecule has 0 atom stereocenters. The molecule has 0 aliphatic rings. The molecule has 3 aromatic heterocycles. The zero-order valence-corrected chi connectivity index (χ0v) is 15.9. The molecule has 0 fully saturated rings. The highest BCUT2D eigenvalue weighted by Gasteiger charge is 2.12. The average Bonchev–Trinajstić information content (AvgIpc) is 3.23. The zero-order chi connectivity index (χ0) is 18.1. The predicted octanol–water partition coefficient (Wildman–Crippen LogP) is 4.55. The molecule has 4 rings (SSSR count). The molecule has 0 radical (unpaired) electrons. The molecule has 1 aromatic carbocycles. The highest BCUT2D eigenvalue weighted by molar-refractivity contribution is 7.98. The first kappa shape index (κ1) is 16.8. The lowest BCUT2D eigenvalue weighted by Gasteiger charge is -2.07. The van der Waals surface area contributed by atoms with Crippen molar-refractivity contribution in [1.29, 1.82) is 0 Å². The predicted molar refractivity (Wildman–Crippen MR) is 105 cm³/mol. The molecule has 5 nitrogen and oxygen atoms in total. The monoisotopic (exact) mass is 363 g/mol. The van der Waals surface area contributed by atoms with E-state index in [-0.39, 0.29) is 0 Å². The third-order valence-electron chi connectivity index (χ3n) is 4.43. The first-order valence-electron chi connectivity index (χ1n) is 8.67. The largest absolute Gasteiger partial charge is 0.307 e. The molecule has 6 heteroatoms. The maximum absolute atomic E-state index is 4.63. The minimum Gasteiger partial charge on any atom is -0.307 e. The lowest BCUT2D eigenvalue weighted by molar-refractivity contribution is 0.793. The van der Waals surface area contributed by atoms with Crippen LogP contribution in [0.4, 0.5) is 0 Å². The van der Waals surface area contributed by atoms with Crippen LogP contribution in [0.25, 0.3) is 17.0 Å². The Morgan fingerprint density at radius 3 is 2.58 bits per heavy atom. The minimum absolute atomic E-state index is 0.528. The quantitative estimate of drug-likeness (QED) is 0.488. The summed E-state index contributed by atoms with van der Waals surface area (Å²) >= 11 is 1.65. The van der Waals surface area contributed by atoms with E-state index in [0.29, 0.717) is 5.92 Å². The van der Waals surface area contributed by atoms with E-state index in [0.717, 1.165) is 33.6 Å². The van der Waals surface area contributed by atoms with E-state index >= 15 is 0 Å². The van der Waals surface area contributed by atoms with E-state index in [1.54, 1.807) is 11.8 Å². The number of benzene rings is 1. The van der Waals surface area contributed by atoms with Crippen LogP contribution in [0.1, 0.15) is 31.0 Å². The van der Waals surface area contributed by atoms with Gasteiger partial charge in [-0.25, -0.2) is 4.98 Å². The van der Waals surface area contributed by atoms with Gasteiger partial charge in [0.05, 0.1) is 5.69 Å². The standard InChI is InChI=1S/C20H21N5S/c1-14(2)15-7-9-16(10-8-15)19-22-23-20(24(19)3)26-13-17-12-25-11-5-4-6-18(25)21-17/h4-12,14H,13H2,1-3H3. The number of thioether (sulfide) groups is 1. The lowest BCUT2D eigenvalue weighted by Crippen LogP contribution is -1.96. The summed E-state index contributed by atoms with van der Waals surface area (Å²) in [6, 6.07) is 14.6. The molecule has 0 unspecified atom stereocenters. The van der Waals surface area contributed by atoms with Gasteiger partial charge in [-0.05, 0) is 23.6 Å². The number of imidazole rings is 1. The third-order valence-corrected chi connectivity index (χ3v) is 5.49. The zero-order valence-electron chi connectivity index (χ0n) is 15.1. The number of hydrogen-bond donors (Lipinski definition) is 0. The minimum atomic E-state index is 0.528. The normalized spacial score (nSPS) is 11.5. The Labute approximate surface area is 157 Å². The SMILES string of the molecule is CC(C)c1ccc(-c2nnc(SCc3cn4ccccc4n3)n2C)cc1. The number of fused-ring (bicyclic) bond motifs is 1. The molecule has 132 valence electrons. The Hall–Kier alpha value is -2.60. The van der Waals surface area contributed by atoms with Crippen LogP contribution >= 0.6 is 11.8 Å². The second kappa shape index (κ2) is 6.96. The van der Waals surface area contributed by atoms with Crippen molar-refractivity contribution in [2.75, 3.05) is 0 Å². The summed E-state index contributed by atoms with van der Waals surface area (Å²) in [5, 5.41) is 9.64. The van der Waals surface area contributed by atoms with Crippen molar-refractivity contribution in [3.63, 3.8) is 0 Å². The average molecular weight is 363 g/mol. The summed E-state index contributed by atoms with van der Waals surface area (Å²) in [6.07, 6.45) is 4.07. The van der Waals surface area contributed by atoms with Crippen LogP contribution in [-0.4, -0.2) is 24.1 Å². The van der Waals surface area contributed by atoms with Gasteiger partial charge in [0.25, 0.3) is 0 Å². The topological polar surface area (TPSA) is 48.0 Å². The summed E-state index contributed by atoms with van der Waals surface area (Å²) in [4.78, 5) is 4.63. The number of pyridine rings is 1. The Balaban J connectivity index is 1.51. The van der Waals surface area contributed by atoms with Crippen LogP contribution in [0.3, 0.4) is 0 Å². The maximum Gasteiger partial charge on any atom is 0.191 e. The van der Waals surface area contributed by atoms with Gasteiger partial charge in [0.1, 0.15) is 5.65 Å². The van der Waals surface area contributed by atoms with Crippen LogP contribution < -0.4 is 0 Å². The molecule has 26 heavy (non-hydrogen) atoms. The van der Waals surface area contributed by atoms with Gasteiger partial charge in [-0.2, -0.15) is 0 Å². The van der Waals surface area contributed by atoms with Crippen molar-refractivity contribution in [3.05, 3.63) is 66.1 Å². The highest BCUT2D eigenvalue weighted by atomic mass is 32.2. The summed E-state index contributed by atoms with van der Waals surface area (Å²) < 4.78 is 4.08. The molecule has 0 spiro atoms. The first-order chi connectivity index (χ1) is 12.6. The van der Waals surface area contributed by atoms with E-state index in [2.05, 4.69) is 59.5 Å². The van der Waals surface area contributed by atoms with Crippen LogP contribution in [-0.2, 0) is 12.8 Å². The Morgan fingerprint density at radius 2 is 1.85 bits per heavy atom. The van der Waals surface area contributed by atoms with E-state index in [1.807, 2.05) is 40.4 Å². The van der Waals surface area contributed by atoms with E-state index in [9.17, 15) is 0 Å². The van der Waals surface area contributed by atoms with Gasteiger partial charge in [0.15, 0.2) is 11.0 Å². The van der Waals surface area contributed by atoms with Crippen molar-refractivity contribution >= 4 is 17.4 Å². The summed E-state index contributed by atoms with van der Waals surface area (Å²) in [6.45, 7) is 4.40. The summed E-state index contributed by atoms with van der Waals surface area (Å²) in [7, 11) is 2.01. The van der Waals surface area contributed by atoms with E-state index in [4.69, 9.17) is 0 Å². The Morgan fingerprint density at radius 1 is 1.04 bits per heavy atom. The lowest BCUT2D eigenvalue weighted by atomic mass is 10.0. The van der Waals surface area contributed by atoms with Crippen molar-refractivity contribution in [2.24, 2.45) is 7.05 Å². The number of rotatable bonds is 5. The van der Waals surface area contributed by atoms with Crippen molar-refractivity contribution in [3.8, 4) is 11.4 Å². The smallest absolute Gasteiger partial charge is 0.191 e. The van der Waals surface area contributed by atoms with Crippen LogP contribution in [0.2, 0.25) is 0 Å². The molecule has 0 saturated heterocycles. The number of aromatic nitrogens is 5. The van der Waals surface area contributed by atoms with Gasteiger partial charge in [0, 0.05) is 30.8 Å². The first-order valence-corrected chi connectivity index (χ1v) is 9.65. The Bertz CT molecular complexity index is 997. The fraction of sp³-hybridized carbons (Fsp3) is 0.250. The molecule has 3 heterocycles. The molecule has 0 bridgehead atoms. The fourth-order valence-electron chi connectivity index (χ4n) is 2.90. The second-order valence-corrected chi connectivity index (χ2v) is 7.57. The summed E-state index contributed by atoms with van der Waals surface area (Å²) in [5.41, 5.74) is 4.42. The molecule has 0 aliphatic heterocycles. The molecule has 0 N–H and O–H groups in total. The van der Waals surface area contributed by atoms with Gasteiger partial charge in [-0.1, -0.05) is 55.9 Å². The number of hydrogen-bond acceptors (Lipinski definition) is 4. The molecule has 0 aliphatic carbocycles. The molecule has 0 amide bonds. The van der Waals surface area contributed by atoms with Crippen molar-refractivity contribution < 1.29 is 0 Å². The molecular weight excluding hydrogens is 342 g/mol. The van der Waals surface area contributed by atoms with Crippen molar-refractivity contribution in [1.82, 2.24) is 24.1 Å². The van der Waals surface area contributed by atoms with Gasteiger partial charge >= 0.3 is 0 Å². The maximum atomic E-state index is 4.63. The van der Waals surface area contributed by atoms with Crippen LogP contribution in [0, 0.1) is 0 Å². The van der Waals surface area contributed by atoms with Crippen LogP contribution in [0.15, 0.2) is 60.0 Å². The Kier molecular flexibility index (Phi) is 4.51. The number of nitrogens with zero attached hydrogens (tertiary/aromatic N) is 5. The molecular formula is C20H21N5S. The van der Waals surface area contributed by atoms with E-state index < -0.39 is 0 Å². The highest BCUT2D eigenvalue weighted by Crippen LogP contribution is 2.26. The third kappa shape index (κ3) is 3.24. The van der Waals surface area contributed by atoms with Gasteiger partial charge < -0.3 is 8.97 Å². The van der Waals surface area contributed by atoms with Gasteiger partial charge in [-0.15, -0.1) is 10.2 Å². The van der Waals surface area contributed by atoms with Crippen molar-refractivity contribution in [2.45, 2.75) is 30.7 Å². The fourth-order valence-corrected chi connectivity index (χ4v) is 3.70. The second-order valence-electron chi connectivity index (χ2n) is 6.63. The molecule has 4 aromatic rings. The molecule has 0 saturated carbocycles. The van der Waals surface area contributed by atoms with Crippen LogP contribution in [0.5, 0.6) is 0 Å². The van der Waals surface area contributed by atoms with Gasteiger partial charge in [0.2, 0.25) is 0 Å². The van der Waals surface area contributed by atoms with E-state index in [1.165, 1.54) is 5.56 Å². The van der Waals surface area contributed by atoms with Gasteiger partial charge in [-0.3, -0.25) is 0 Å². The summed E-state index contributed by atoms with van der Waals surface area (Å²) in [5.74, 6) is 2.18.